The van der Waals surface area contributed by atoms with Crippen LogP contribution in [0, 0.1) is 6.92 Å². The molecule has 0 aromatic heterocycles. The quantitative estimate of drug-likeness (QED) is 0.808. The molecule has 1 atom stereocenters. The molecular weight excluding hydrogens is 338 g/mol. The number of hydrogen-bond donors (Lipinski definition) is 1. The summed E-state index contributed by atoms with van der Waals surface area (Å²) in [7, 11) is 0. The molecule has 0 fully saturated rings. The van der Waals surface area contributed by atoms with Gasteiger partial charge >= 0.3 is 0 Å². The average Bonchev–Trinajstić information content (AvgIpc) is 2.48. The number of nitrogens with one attached hydrogen (secondary N) is 1. The van der Waals surface area contributed by atoms with Gasteiger partial charge in [0.05, 0.1) is 6.04 Å². The van der Waals surface area contributed by atoms with E-state index in [4.69, 9.17) is 11.6 Å². The third kappa shape index (κ3) is 3.62. The first-order valence-corrected chi connectivity index (χ1v) is 7.62. The Labute approximate surface area is 132 Å². The fourth-order valence-corrected chi connectivity index (χ4v) is 2.51. The Balaban J connectivity index is 2.15. The van der Waals surface area contributed by atoms with Crippen LogP contribution in [-0.4, -0.2) is 11.8 Å². The molecule has 2 aromatic rings. The normalized spacial score (nSPS) is 11.9. The van der Waals surface area contributed by atoms with E-state index < -0.39 is 0 Å². The van der Waals surface area contributed by atoms with Crippen LogP contribution in [0.25, 0.3) is 0 Å². The summed E-state index contributed by atoms with van der Waals surface area (Å²) in [6, 6.07) is 15.1. The van der Waals surface area contributed by atoms with Gasteiger partial charge in [-0.05, 0) is 30.2 Å². The lowest BCUT2D eigenvalue weighted by molar-refractivity contribution is 0.0940. The molecule has 4 heteroatoms. The number of benzene rings is 2. The van der Waals surface area contributed by atoms with Gasteiger partial charge in [0.1, 0.15) is 0 Å². The lowest BCUT2D eigenvalue weighted by Crippen LogP contribution is -2.29. The van der Waals surface area contributed by atoms with Gasteiger partial charge < -0.3 is 5.32 Å². The third-order valence-electron chi connectivity index (χ3n) is 3.10. The van der Waals surface area contributed by atoms with E-state index in [2.05, 4.69) is 21.2 Å². The number of carbonyl (C=O) groups excluding carboxylic acids is 1. The molecule has 104 valence electrons. The van der Waals surface area contributed by atoms with Gasteiger partial charge in [0.15, 0.2) is 0 Å². The minimum absolute atomic E-state index is 0.125. The van der Waals surface area contributed by atoms with Gasteiger partial charge in [0.25, 0.3) is 5.91 Å². The summed E-state index contributed by atoms with van der Waals surface area (Å²) >= 11 is 9.40. The molecule has 2 aromatic carbocycles. The van der Waals surface area contributed by atoms with Crippen molar-refractivity contribution in [3.8, 4) is 0 Å². The van der Waals surface area contributed by atoms with E-state index in [-0.39, 0.29) is 11.9 Å². The minimum Gasteiger partial charge on any atom is -0.344 e. The van der Waals surface area contributed by atoms with E-state index in [1.807, 2.05) is 55.5 Å². The number of alkyl halides is 1. The van der Waals surface area contributed by atoms with Gasteiger partial charge in [-0.3, -0.25) is 4.79 Å². The average molecular weight is 353 g/mol. The summed E-state index contributed by atoms with van der Waals surface area (Å²) in [6.45, 7) is 1.98. The van der Waals surface area contributed by atoms with Crippen molar-refractivity contribution < 1.29 is 4.79 Å². The Morgan fingerprint density at radius 2 is 1.95 bits per heavy atom. The van der Waals surface area contributed by atoms with Gasteiger partial charge in [-0.1, -0.05) is 52.3 Å². The topological polar surface area (TPSA) is 29.1 Å². The van der Waals surface area contributed by atoms with Gasteiger partial charge in [0.2, 0.25) is 0 Å². The second kappa shape index (κ2) is 6.91. The van der Waals surface area contributed by atoms with Crippen molar-refractivity contribution in [2.75, 3.05) is 5.88 Å². The van der Waals surface area contributed by atoms with Crippen LogP contribution in [0.15, 0.2) is 53.0 Å². The van der Waals surface area contributed by atoms with Crippen molar-refractivity contribution >= 4 is 33.4 Å². The van der Waals surface area contributed by atoms with Gasteiger partial charge in [-0.25, -0.2) is 0 Å². The number of hydrogen-bond acceptors (Lipinski definition) is 1. The van der Waals surface area contributed by atoms with Crippen LogP contribution in [-0.2, 0) is 0 Å². The predicted octanol–water partition coefficient (Wildman–Crippen LogP) is 4.47. The molecule has 1 amide bonds. The van der Waals surface area contributed by atoms with Gasteiger partial charge in [-0.15, -0.1) is 11.6 Å². The van der Waals surface area contributed by atoms with Crippen LogP contribution < -0.4 is 5.32 Å². The first-order valence-electron chi connectivity index (χ1n) is 6.29. The van der Waals surface area contributed by atoms with Gasteiger partial charge in [-0.2, -0.15) is 0 Å². The molecule has 0 saturated heterocycles. The number of carbonyl (C=O) groups is 1. The molecule has 0 spiro atoms. The lowest BCUT2D eigenvalue weighted by atomic mass is 10.1. The summed E-state index contributed by atoms with van der Waals surface area (Å²) in [5.41, 5.74) is 2.72. The molecular formula is C16H15BrClNO. The summed E-state index contributed by atoms with van der Waals surface area (Å²) in [5, 5.41) is 2.95. The molecule has 20 heavy (non-hydrogen) atoms. The lowest BCUT2D eigenvalue weighted by Gasteiger charge is -2.16. The number of rotatable bonds is 4. The molecule has 1 N–H and O–H groups in total. The van der Waals surface area contributed by atoms with E-state index in [9.17, 15) is 4.79 Å². The zero-order chi connectivity index (χ0) is 14.5. The highest BCUT2D eigenvalue weighted by atomic mass is 79.9. The molecule has 0 bridgehead atoms. The highest BCUT2D eigenvalue weighted by Gasteiger charge is 2.15. The molecule has 0 saturated carbocycles. The number of halogens is 2. The Morgan fingerprint density at radius 3 is 2.55 bits per heavy atom. The van der Waals surface area contributed by atoms with Crippen LogP contribution in [0.5, 0.6) is 0 Å². The maximum Gasteiger partial charge on any atom is 0.251 e. The third-order valence-corrected chi connectivity index (χ3v) is 4.26. The van der Waals surface area contributed by atoms with Crippen molar-refractivity contribution in [1.82, 2.24) is 5.32 Å². The fraction of sp³-hybridized carbons (Fsp3) is 0.188. The second-order valence-corrected chi connectivity index (χ2v) is 5.72. The van der Waals surface area contributed by atoms with E-state index >= 15 is 0 Å². The molecule has 0 aliphatic heterocycles. The van der Waals surface area contributed by atoms with E-state index in [1.165, 1.54) is 0 Å². The predicted molar refractivity (Wildman–Crippen MR) is 86.2 cm³/mol. The Morgan fingerprint density at radius 1 is 1.25 bits per heavy atom. The molecule has 0 radical (unpaired) electrons. The highest BCUT2D eigenvalue weighted by Crippen LogP contribution is 2.19. The summed E-state index contributed by atoms with van der Waals surface area (Å²) in [4.78, 5) is 12.3. The highest BCUT2D eigenvalue weighted by molar-refractivity contribution is 9.10. The van der Waals surface area contributed by atoms with Crippen LogP contribution in [0.4, 0.5) is 0 Å². The van der Waals surface area contributed by atoms with Crippen LogP contribution >= 0.6 is 27.5 Å². The maximum absolute atomic E-state index is 12.3. The zero-order valence-corrected chi connectivity index (χ0v) is 13.4. The SMILES string of the molecule is Cc1ccc(C(=O)NC(CCl)c2ccccc2)cc1Br. The van der Waals surface area contributed by atoms with E-state index in [0.29, 0.717) is 11.4 Å². The second-order valence-electron chi connectivity index (χ2n) is 4.55. The largest absolute Gasteiger partial charge is 0.344 e. The standard InChI is InChI=1S/C16H15BrClNO/c1-11-7-8-13(9-14(11)17)16(20)19-15(10-18)12-5-3-2-4-6-12/h2-9,15H,10H2,1H3,(H,19,20). The zero-order valence-electron chi connectivity index (χ0n) is 11.1. The molecule has 2 rings (SSSR count). The Kier molecular flexibility index (Phi) is 5.21. The number of amides is 1. The van der Waals surface area contributed by atoms with Crippen molar-refractivity contribution in [3.63, 3.8) is 0 Å². The fourth-order valence-electron chi connectivity index (χ4n) is 1.87. The molecule has 0 heterocycles. The van der Waals surface area contributed by atoms with Crippen molar-refractivity contribution in [1.29, 1.82) is 0 Å². The first-order chi connectivity index (χ1) is 9.61. The molecule has 0 aliphatic rings. The summed E-state index contributed by atoms with van der Waals surface area (Å²) < 4.78 is 0.923. The van der Waals surface area contributed by atoms with E-state index in [1.54, 1.807) is 0 Å². The van der Waals surface area contributed by atoms with Crippen molar-refractivity contribution in [3.05, 3.63) is 69.7 Å². The van der Waals surface area contributed by atoms with Crippen molar-refractivity contribution in [2.24, 2.45) is 0 Å². The smallest absolute Gasteiger partial charge is 0.251 e. The van der Waals surface area contributed by atoms with Gasteiger partial charge in [0, 0.05) is 15.9 Å². The van der Waals surface area contributed by atoms with Crippen LogP contribution in [0.2, 0.25) is 0 Å². The Hall–Kier alpha value is -1.32. The molecule has 2 nitrogen and oxygen atoms in total. The summed E-state index contributed by atoms with van der Waals surface area (Å²) in [5.74, 6) is 0.211. The van der Waals surface area contributed by atoms with E-state index in [0.717, 1.165) is 15.6 Å². The minimum atomic E-state index is -0.189. The first kappa shape index (κ1) is 15.1. The maximum atomic E-state index is 12.3. The molecule has 1 unspecified atom stereocenters. The number of aryl methyl sites for hydroxylation is 1. The Bertz CT molecular complexity index is 601. The summed E-state index contributed by atoms with van der Waals surface area (Å²) in [6.07, 6.45) is 0. The van der Waals surface area contributed by atoms with Crippen LogP contribution in [0.1, 0.15) is 27.5 Å². The monoisotopic (exact) mass is 351 g/mol. The van der Waals surface area contributed by atoms with Crippen molar-refractivity contribution in [2.45, 2.75) is 13.0 Å². The molecule has 0 aliphatic carbocycles. The van der Waals surface area contributed by atoms with Crippen LogP contribution in [0.3, 0.4) is 0 Å².